The summed E-state index contributed by atoms with van der Waals surface area (Å²) in [6.45, 7) is 3.52. The molecule has 0 N–H and O–H groups in total. The van der Waals surface area contributed by atoms with E-state index in [4.69, 9.17) is 11.6 Å². The van der Waals surface area contributed by atoms with Gasteiger partial charge in [0.1, 0.15) is 0 Å². The van der Waals surface area contributed by atoms with E-state index in [0.29, 0.717) is 25.2 Å². The first kappa shape index (κ1) is 19.9. The standard InChI is InChI=1S/C25H24ClN3O2/c26-19-8-10-20(11-9-19)27-13-15-28(16-14-27)25(31)24-21(18-5-2-1-3-6-18)17-23(30)29-12-4-7-22(24)29/h1-3,5-6,8-11,17H,4,7,12-16H2. The molecular weight excluding hydrogens is 410 g/mol. The van der Waals surface area contributed by atoms with E-state index >= 15 is 0 Å². The lowest BCUT2D eigenvalue weighted by atomic mass is 9.96. The molecule has 1 saturated heterocycles. The molecule has 0 saturated carbocycles. The summed E-state index contributed by atoms with van der Waals surface area (Å²) in [4.78, 5) is 30.6. The van der Waals surface area contributed by atoms with Crippen molar-refractivity contribution in [3.05, 3.63) is 87.3 Å². The van der Waals surface area contributed by atoms with Crippen LogP contribution in [0.3, 0.4) is 0 Å². The number of benzene rings is 2. The summed E-state index contributed by atoms with van der Waals surface area (Å²) in [6, 6.07) is 19.2. The van der Waals surface area contributed by atoms with Crippen LogP contribution in [0, 0.1) is 0 Å². The third-order valence-corrected chi connectivity index (χ3v) is 6.52. The highest BCUT2D eigenvalue weighted by Crippen LogP contribution is 2.30. The van der Waals surface area contributed by atoms with Gasteiger partial charge in [-0.15, -0.1) is 0 Å². The Balaban J connectivity index is 1.45. The van der Waals surface area contributed by atoms with Crippen LogP contribution < -0.4 is 10.5 Å². The molecule has 31 heavy (non-hydrogen) atoms. The molecule has 2 aliphatic rings. The summed E-state index contributed by atoms with van der Waals surface area (Å²) in [5.41, 5.74) is 4.35. The number of hydrogen-bond donors (Lipinski definition) is 0. The zero-order chi connectivity index (χ0) is 21.4. The molecule has 3 aromatic rings. The van der Waals surface area contributed by atoms with Crippen molar-refractivity contribution in [2.75, 3.05) is 31.1 Å². The van der Waals surface area contributed by atoms with Crippen molar-refractivity contribution in [2.24, 2.45) is 0 Å². The molecule has 0 bridgehead atoms. The predicted molar refractivity (Wildman–Crippen MR) is 124 cm³/mol. The first-order valence-corrected chi connectivity index (χ1v) is 11.1. The summed E-state index contributed by atoms with van der Waals surface area (Å²) in [5.74, 6) is 0.0280. The Bertz CT molecular complexity index is 1160. The normalized spacial score (nSPS) is 15.8. The number of amides is 1. The number of carbonyl (C=O) groups excluding carboxylic acids is 1. The lowest BCUT2D eigenvalue weighted by molar-refractivity contribution is 0.0745. The zero-order valence-corrected chi connectivity index (χ0v) is 18.0. The van der Waals surface area contributed by atoms with Crippen molar-refractivity contribution in [3.63, 3.8) is 0 Å². The first-order chi connectivity index (χ1) is 15.1. The molecular formula is C25H24ClN3O2. The van der Waals surface area contributed by atoms with Crippen molar-refractivity contribution in [1.82, 2.24) is 9.47 Å². The highest BCUT2D eigenvalue weighted by Gasteiger charge is 2.30. The fourth-order valence-electron chi connectivity index (χ4n) is 4.67. The minimum atomic E-state index is -0.0181. The van der Waals surface area contributed by atoms with Gasteiger partial charge in [-0.25, -0.2) is 0 Å². The number of piperazine rings is 1. The van der Waals surface area contributed by atoms with E-state index in [1.54, 1.807) is 10.6 Å². The third kappa shape index (κ3) is 3.74. The summed E-state index contributed by atoms with van der Waals surface area (Å²) < 4.78 is 1.78. The predicted octanol–water partition coefficient (Wildman–Crippen LogP) is 4.08. The van der Waals surface area contributed by atoms with Gasteiger partial charge < -0.3 is 14.4 Å². The molecule has 5 nitrogen and oxygen atoms in total. The Kier molecular flexibility index (Phi) is 5.28. The first-order valence-electron chi connectivity index (χ1n) is 10.7. The summed E-state index contributed by atoms with van der Waals surface area (Å²) in [6.07, 6.45) is 1.67. The van der Waals surface area contributed by atoms with Gasteiger partial charge in [0.05, 0.1) is 5.56 Å². The minimum absolute atomic E-state index is 0.0181. The second-order valence-corrected chi connectivity index (χ2v) is 8.53. The molecule has 2 aromatic carbocycles. The fourth-order valence-corrected chi connectivity index (χ4v) is 4.79. The summed E-state index contributed by atoms with van der Waals surface area (Å²) in [7, 11) is 0. The van der Waals surface area contributed by atoms with Crippen LogP contribution in [0.4, 0.5) is 5.69 Å². The average Bonchev–Trinajstić information content (AvgIpc) is 3.30. The zero-order valence-electron chi connectivity index (χ0n) is 17.3. The second-order valence-electron chi connectivity index (χ2n) is 8.09. The Labute approximate surface area is 186 Å². The maximum absolute atomic E-state index is 13.7. The van der Waals surface area contributed by atoms with Gasteiger partial charge in [0, 0.05) is 60.8 Å². The van der Waals surface area contributed by atoms with Gasteiger partial charge in [-0.1, -0.05) is 41.9 Å². The monoisotopic (exact) mass is 433 g/mol. The van der Waals surface area contributed by atoms with E-state index in [1.807, 2.05) is 59.5 Å². The fraction of sp³-hybridized carbons (Fsp3) is 0.280. The number of halogens is 1. The van der Waals surface area contributed by atoms with Gasteiger partial charge in [-0.05, 0) is 42.7 Å². The largest absolute Gasteiger partial charge is 0.368 e. The molecule has 2 aliphatic heterocycles. The second kappa shape index (κ2) is 8.23. The number of hydrogen-bond acceptors (Lipinski definition) is 3. The molecule has 0 unspecified atom stereocenters. The number of fused-ring (bicyclic) bond motifs is 1. The average molecular weight is 434 g/mol. The van der Waals surface area contributed by atoms with Gasteiger partial charge in [0.15, 0.2) is 0 Å². The highest BCUT2D eigenvalue weighted by molar-refractivity contribution is 6.30. The molecule has 1 aromatic heterocycles. The van der Waals surface area contributed by atoms with Crippen LogP contribution in [0.5, 0.6) is 0 Å². The van der Waals surface area contributed by atoms with Crippen LogP contribution in [0.25, 0.3) is 11.1 Å². The van der Waals surface area contributed by atoms with Crippen molar-refractivity contribution in [1.29, 1.82) is 0 Å². The number of pyridine rings is 1. The number of carbonyl (C=O) groups is 1. The molecule has 0 aliphatic carbocycles. The van der Waals surface area contributed by atoms with Crippen molar-refractivity contribution in [3.8, 4) is 11.1 Å². The molecule has 1 fully saturated rings. The summed E-state index contributed by atoms with van der Waals surface area (Å²) >= 11 is 6.01. The third-order valence-electron chi connectivity index (χ3n) is 6.27. The number of aromatic nitrogens is 1. The maximum Gasteiger partial charge on any atom is 0.256 e. The molecule has 158 valence electrons. The van der Waals surface area contributed by atoms with Gasteiger partial charge in [-0.3, -0.25) is 9.59 Å². The molecule has 0 spiro atoms. The number of rotatable bonds is 3. The van der Waals surface area contributed by atoms with Crippen molar-refractivity contribution >= 4 is 23.2 Å². The Hall–Kier alpha value is -3.05. The van der Waals surface area contributed by atoms with E-state index in [1.165, 1.54) is 0 Å². The minimum Gasteiger partial charge on any atom is -0.368 e. The molecule has 0 radical (unpaired) electrons. The molecule has 5 rings (SSSR count). The number of anilines is 1. The topological polar surface area (TPSA) is 45.6 Å². The van der Waals surface area contributed by atoms with Gasteiger partial charge in [0.2, 0.25) is 0 Å². The van der Waals surface area contributed by atoms with Crippen LogP contribution in [0.2, 0.25) is 5.02 Å². The van der Waals surface area contributed by atoms with E-state index < -0.39 is 0 Å². The van der Waals surface area contributed by atoms with Crippen molar-refractivity contribution in [2.45, 2.75) is 19.4 Å². The van der Waals surface area contributed by atoms with E-state index in [9.17, 15) is 9.59 Å². The SMILES string of the molecule is O=C(c1c(-c2ccccc2)cc(=O)n2c1CCC2)N1CCN(c2ccc(Cl)cc2)CC1. The Morgan fingerprint density at radius 3 is 2.29 bits per heavy atom. The van der Waals surface area contributed by atoms with Crippen LogP contribution >= 0.6 is 11.6 Å². The lowest BCUT2D eigenvalue weighted by Gasteiger charge is -2.36. The van der Waals surface area contributed by atoms with E-state index in [-0.39, 0.29) is 11.5 Å². The van der Waals surface area contributed by atoms with E-state index in [2.05, 4.69) is 4.90 Å². The van der Waals surface area contributed by atoms with Crippen LogP contribution in [0.1, 0.15) is 22.5 Å². The maximum atomic E-state index is 13.7. The molecule has 6 heteroatoms. The van der Waals surface area contributed by atoms with Crippen LogP contribution in [-0.2, 0) is 13.0 Å². The smallest absolute Gasteiger partial charge is 0.256 e. The lowest BCUT2D eigenvalue weighted by Crippen LogP contribution is -2.49. The quantitative estimate of drug-likeness (QED) is 0.625. The summed E-state index contributed by atoms with van der Waals surface area (Å²) in [5, 5.41) is 0.721. The highest BCUT2D eigenvalue weighted by atomic mass is 35.5. The molecule has 3 heterocycles. The van der Waals surface area contributed by atoms with Crippen LogP contribution in [-0.4, -0.2) is 41.6 Å². The Morgan fingerprint density at radius 1 is 0.871 bits per heavy atom. The molecule has 1 amide bonds. The van der Waals surface area contributed by atoms with Gasteiger partial charge in [0.25, 0.3) is 11.5 Å². The van der Waals surface area contributed by atoms with E-state index in [0.717, 1.165) is 53.5 Å². The van der Waals surface area contributed by atoms with Gasteiger partial charge in [-0.2, -0.15) is 0 Å². The molecule has 0 atom stereocenters. The van der Waals surface area contributed by atoms with Crippen molar-refractivity contribution < 1.29 is 4.79 Å². The van der Waals surface area contributed by atoms with Gasteiger partial charge >= 0.3 is 0 Å². The Morgan fingerprint density at radius 2 is 1.58 bits per heavy atom. The number of nitrogens with zero attached hydrogens (tertiary/aromatic N) is 3. The van der Waals surface area contributed by atoms with Crippen LogP contribution in [0.15, 0.2) is 65.5 Å².